The van der Waals surface area contributed by atoms with Crippen molar-refractivity contribution in [3.8, 4) is 0 Å². The topological polar surface area (TPSA) is 72.2 Å². The Hall–Kier alpha value is -1.44. The Morgan fingerprint density at radius 1 is 1.29 bits per heavy atom. The first-order chi connectivity index (χ1) is 9.81. The summed E-state index contributed by atoms with van der Waals surface area (Å²) in [5.41, 5.74) is 5.63. The molecule has 1 aromatic carbocycles. The van der Waals surface area contributed by atoms with Gasteiger partial charge in [0, 0.05) is 10.6 Å². The van der Waals surface area contributed by atoms with Crippen LogP contribution in [0.4, 0.5) is 10.1 Å². The lowest BCUT2D eigenvalue weighted by molar-refractivity contribution is 0.466. The molecule has 0 saturated carbocycles. The molecule has 21 heavy (non-hydrogen) atoms. The smallest absolute Gasteiger partial charge is 0.244 e. The average molecular weight is 328 g/mol. The first kappa shape index (κ1) is 15.9. The monoisotopic (exact) mass is 328 g/mol. The van der Waals surface area contributed by atoms with E-state index in [2.05, 4.69) is 4.72 Å². The van der Waals surface area contributed by atoms with Gasteiger partial charge in [-0.15, -0.1) is 11.3 Å². The van der Waals surface area contributed by atoms with Gasteiger partial charge in [0.25, 0.3) is 0 Å². The fourth-order valence-electron chi connectivity index (χ4n) is 1.96. The molecule has 0 spiro atoms. The lowest BCUT2D eigenvalue weighted by Crippen LogP contribution is -2.31. The maximum absolute atomic E-state index is 13.8. The maximum Gasteiger partial charge on any atom is 0.244 e. The zero-order valence-corrected chi connectivity index (χ0v) is 13.3. The number of thiophene rings is 1. The van der Waals surface area contributed by atoms with Gasteiger partial charge in [0.2, 0.25) is 10.0 Å². The van der Waals surface area contributed by atoms with Gasteiger partial charge in [-0.3, -0.25) is 0 Å². The SMILES string of the molecule is CC(C)C(NS(=O)(=O)c1ccc(N)cc1F)c1cccs1. The highest BCUT2D eigenvalue weighted by atomic mass is 32.2. The molecule has 0 aliphatic carbocycles. The number of nitrogens with one attached hydrogen (secondary N) is 1. The zero-order valence-electron chi connectivity index (χ0n) is 11.7. The van der Waals surface area contributed by atoms with Crippen LogP contribution >= 0.6 is 11.3 Å². The van der Waals surface area contributed by atoms with Gasteiger partial charge in [0.05, 0.1) is 6.04 Å². The largest absolute Gasteiger partial charge is 0.399 e. The van der Waals surface area contributed by atoms with Crippen LogP contribution in [-0.2, 0) is 10.0 Å². The summed E-state index contributed by atoms with van der Waals surface area (Å²) in [4.78, 5) is 0.503. The number of nitrogens with two attached hydrogens (primary N) is 1. The summed E-state index contributed by atoms with van der Waals surface area (Å²) in [5.74, 6) is -0.813. The van der Waals surface area contributed by atoms with Crippen LogP contribution in [0.3, 0.4) is 0 Å². The Kier molecular flexibility index (Phi) is 4.65. The molecule has 7 heteroatoms. The molecule has 0 bridgehead atoms. The third-order valence-electron chi connectivity index (χ3n) is 3.04. The number of halogens is 1. The number of nitrogen functional groups attached to an aromatic ring is 1. The van der Waals surface area contributed by atoms with E-state index >= 15 is 0 Å². The highest BCUT2D eigenvalue weighted by molar-refractivity contribution is 7.89. The van der Waals surface area contributed by atoms with Gasteiger partial charge in [-0.2, -0.15) is 0 Å². The van der Waals surface area contributed by atoms with E-state index in [1.54, 1.807) is 0 Å². The van der Waals surface area contributed by atoms with Crippen LogP contribution in [0.2, 0.25) is 0 Å². The van der Waals surface area contributed by atoms with E-state index in [0.29, 0.717) is 0 Å². The third-order valence-corrected chi connectivity index (χ3v) is 5.47. The van der Waals surface area contributed by atoms with Gasteiger partial charge in [-0.1, -0.05) is 19.9 Å². The van der Waals surface area contributed by atoms with Crippen LogP contribution in [-0.4, -0.2) is 8.42 Å². The second-order valence-corrected chi connectivity index (χ2v) is 7.71. The van der Waals surface area contributed by atoms with Crippen molar-refractivity contribution in [1.29, 1.82) is 0 Å². The Morgan fingerprint density at radius 2 is 2.00 bits per heavy atom. The minimum absolute atomic E-state index is 0.0373. The van der Waals surface area contributed by atoms with Gasteiger partial charge >= 0.3 is 0 Å². The third kappa shape index (κ3) is 3.61. The van der Waals surface area contributed by atoms with E-state index in [0.717, 1.165) is 10.9 Å². The van der Waals surface area contributed by atoms with Crippen molar-refractivity contribution in [2.45, 2.75) is 24.8 Å². The van der Waals surface area contributed by atoms with Crippen LogP contribution in [0.15, 0.2) is 40.6 Å². The predicted molar refractivity (Wildman–Crippen MR) is 83.0 cm³/mol. The van der Waals surface area contributed by atoms with Crippen molar-refractivity contribution in [2.75, 3.05) is 5.73 Å². The Balaban J connectivity index is 2.35. The number of hydrogen-bond donors (Lipinski definition) is 2. The summed E-state index contributed by atoms with van der Waals surface area (Å²) in [5, 5.41) is 1.88. The average Bonchev–Trinajstić information content (AvgIpc) is 2.88. The number of sulfonamides is 1. The minimum Gasteiger partial charge on any atom is -0.399 e. The van der Waals surface area contributed by atoms with Crippen molar-refractivity contribution in [1.82, 2.24) is 4.72 Å². The fraction of sp³-hybridized carbons (Fsp3) is 0.286. The number of benzene rings is 1. The molecule has 2 aromatic rings. The molecule has 114 valence electrons. The first-order valence-electron chi connectivity index (χ1n) is 6.42. The Bertz CT molecular complexity index is 713. The summed E-state index contributed by atoms with van der Waals surface area (Å²) in [6.07, 6.45) is 0. The van der Waals surface area contributed by atoms with E-state index < -0.39 is 21.9 Å². The molecular formula is C14H17FN2O2S2. The molecule has 0 aliphatic rings. The van der Waals surface area contributed by atoms with Crippen LogP contribution in [0, 0.1) is 11.7 Å². The van der Waals surface area contributed by atoms with Crippen molar-refractivity contribution in [3.05, 3.63) is 46.4 Å². The molecule has 0 saturated heterocycles. The summed E-state index contributed by atoms with van der Waals surface area (Å²) in [7, 11) is -3.95. The summed E-state index contributed by atoms with van der Waals surface area (Å²) < 4.78 is 41.2. The van der Waals surface area contributed by atoms with Gasteiger partial charge in [0.1, 0.15) is 10.7 Å². The van der Waals surface area contributed by atoms with E-state index in [-0.39, 0.29) is 16.5 Å². The fourth-order valence-corrected chi connectivity index (χ4v) is 4.40. The summed E-state index contributed by atoms with van der Waals surface area (Å²) in [6, 6.07) is 6.87. The molecule has 0 radical (unpaired) electrons. The van der Waals surface area contributed by atoms with Crippen LogP contribution < -0.4 is 10.5 Å². The van der Waals surface area contributed by atoms with Crippen LogP contribution in [0.5, 0.6) is 0 Å². The number of rotatable bonds is 5. The quantitative estimate of drug-likeness (QED) is 0.828. The van der Waals surface area contributed by atoms with Gasteiger partial charge in [-0.05, 0) is 35.6 Å². The molecule has 1 unspecified atom stereocenters. The van der Waals surface area contributed by atoms with Crippen molar-refractivity contribution in [3.63, 3.8) is 0 Å². The summed E-state index contributed by atoms with van der Waals surface area (Å²) >= 11 is 1.46. The first-order valence-corrected chi connectivity index (χ1v) is 8.78. The zero-order chi connectivity index (χ0) is 15.6. The van der Waals surface area contributed by atoms with Gasteiger partial charge in [-0.25, -0.2) is 17.5 Å². The summed E-state index contributed by atoms with van der Waals surface area (Å²) in [6.45, 7) is 3.82. The molecular weight excluding hydrogens is 311 g/mol. The molecule has 3 N–H and O–H groups in total. The van der Waals surface area contributed by atoms with Gasteiger partial charge in [0.15, 0.2) is 0 Å². The van der Waals surface area contributed by atoms with E-state index in [1.807, 2.05) is 31.4 Å². The van der Waals surface area contributed by atoms with Crippen molar-refractivity contribution < 1.29 is 12.8 Å². The minimum atomic E-state index is -3.95. The lowest BCUT2D eigenvalue weighted by atomic mass is 10.0. The molecule has 2 rings (SSSR count). The maximum atomic E-state index is 13.8. The Labute approximate surface area is 127 Å². The highest BCUT2D eigenvalue weighted by Gasteiger charge is 2.26. The van der Waals surface area contributed by atoms with E-state index in [9.17, 15) is 12.8 Å². The normalized spacial score (nSPS) is 13.5. The van der Waals surface area contributed by atoms with Crippen molar-refractivity contribution >= 4 is 27.0 Å². The van der Waals surface area contributed by atoms with E-state index in [1.165, 1.54) is 23.5 Å². The highest BCUT2D eigenvalue weighted by Crippen LogP contribution is 2.28. The second-order valence-electron chi connectivity index (χ2n) is 5.05. The predicted octanol–water partition coefficient (Wildman–Crippen LogP) is 3.15. The Morgan fingerprint density at radius 3 is 2.52 bits per heavy atom. The number of anilines is 1. The molecule has 1 heterocycles. The van der Waals surface area contributed by atoms with Gasteiger partial charge < -0.3 is 5.73 Å². The molecule has 1 aromatic heterocycles. The van der Waals surface area contributed by atoms with Crippen LogP contribution in [0.25, 0.3) is 0 Å². The molecule has 1 atom stereocenters. The lowest BCUT2D eigenvalue weighted by Gasteiger charge is -2.21. The molecule has 0 fully saturated rings. The standard InChI is InChI=1S/C14H17FN2O2S2/c1-9(2)14(12-4-3-7-20-12)17-21(18,19)13-6-5-10(16)8-11(13)15/h3-9,14,17H,16H2,1-2H3. The number of hydrogen-bond acceptors (Lipinski definition) is 4. The molecule has 0 amide bonds. The second kappa shape index (κ2) is 6.13. The molecule has 4 nitrogen and oxygen atoms in total. The van der Waals surface area contributed by atoms with E-state index in [4.69, 9.17) is 5.73 Å². The van der Waals surface area contributed by atoms with Crippen molar-refractivity contribution in [2.24, 2.45) is 5.92 Å². The molecule has 0 aliphatic heterocycles. The van der Waals surface area contributed by atoms with Crippen LogP contribution in [0.1, 0.15) is 24.8 Å².